The zero-order valence-electron chi connectivity index (χ0n) is 20.5. The van der Waals surface area contributed by atoms with Crippen LogP contribution in [0.1, 0.15) is 33.6 Å². The summed E-state index contributed by atoms with van der Waals surface area (Å²) in [5.74, 6) is 0.638. The Morgan fingerprint density at radius 3 is 2.06 bits per heavy atom. The van der Waals surface area contributed by atoms with Gasteiger partial charge < -0.3 is 38.4 Å². The molecule has 2 rings (SSSR count). The van der Waals surface area contributed by atoms with E-state index >= 15 is 0 Å². The van der Waals surface area contributed by atoms with Gasteiger partial charge in [-0.3, -0.25) is 4.79 Å². The average molecular weight is 474 g/mol. The first-order valence-electron chi connectivity index (χ1n) is 12.3. The highest BCUT2D eigenvalue weighted by molar-refractivity contribution is 5.91. The molecule has 1 saturated heterocycles. The van der Waals surface area contributed by atoms with E-state index in [0.29, 0.717) is 90.6 Å². The van der Waals surface area contributed by atoms with Crippen LogP contribution < -0.4 is 0 Å². The molecule has 3 atom stereocenters. The number of aliphatic hydroxyl groups excluding tert-OH is 1. The van der Waals surface area contributed by atoms with Crippen molar-refractivity contribution in [2.45, 2.75) is 39.9 Å². The third-order valence-electron chi connectivity index (χ3n) is 5.85. The molecule has 2 aliphatic heterocycles. The highest BCUT2D eigenvalue weighted by atomic mass is 16.7. The van der Waals surface area contributed by atoms with Crippen LogP contribution >= 0.6 is 0 Å². The Morgan fingerprint density at radius 1 is 1.03 bits per heavy atom. The highest BCUT2D eigenvalue weighted by Crippen LogP contribution is 2.37. The Bertz CT molecular complexity index is 555. The van der Waals surface area contributed by atoms with Crippen molar-refractivity contribution in [2.75, 3.05) is 79.2 Å². The summed E-state index contributed by atoms with van der Waals surface area (Å²) in [6.07, 6.45) is 2.89. The number of aliphatic hydroxyl groups is 1. The second kappa shape index (κ2) is 16.4. The van der Waals surface area contributed by atoms with Crippen LogP contribution in [0, 0.1) is 17.8 Å². The smallest absolute Gasteiger partial charge is 0.288 e. The van der Waals surface area contributed by atoms with E-state index in [1.165, 1.54) is 0 Å². The maximum Gasteiger partial charge on any atom is 0.288 e. The summed E-state index contributed by atoms with van der Waals surface area (Å²) in [5, 5.41) is 9.33. The minimum atomic E-state index is -0.511. The van der Waals surface area contributed by atoms with Gasteiger partial charge in [0.15, 0.2) is 5.76 Å². The van der Waals surface area contributed by atoms with Crippen molar-refractivity contribution >= 4 is 5.91 Å². The number of nitrogens with zero attached hydrogens (tertiary/aromatic N) is 1. The van der Waals surface area contributed by atoms with Gasteiger partial charge in [0.1, 0.15) is 0 Å². The minimum Gasteiger partial charge on any atom is -0.459 e. The predicted octanol–water partition coefficient (Wildman–Crippen LogP) is 1.83. The molecule has 9 heteroatoms. The van der Waals surface area contributed by atoms with Gasteiger partial charge in [-0.2, -0.15) is 0 Å². The molecule has 192 valence electrons. The van der Waals surface area contributed by atoms with E-state index in [0.717, 1.165) is 6.42 Å². The molecule has 0 aliphatic carbocycles. The van der Waals surface area contributed by atoms with E-state index in [9.17, 15) is 9.90 Å². The highest BCUT2D eigenvalue weighted by Gasteiger charge is 2.39. The molecule has 0 spiro atoms. The number of allylic oxidation sites excluding steroid dienone is 1. The fourth-order valence-corrected chi connectivity index (χ4v) is 4.10. The molecular weight excluding hydrogens is 430 g/mol. The Hall–Kier alpha value is -1.23. The standard InChI is InChI=1S/C24H43NO8/c1-4-32-24-20(6-5-9-26)21(19(2)3)18-22(33-24)23(27)25-7-10-28-12-14-30-16-17-31-15-13-29-11-8-25/h18-21,24,26H,4-17H2,1-3H3. The van der Waals surface area contributed by atoms with Crippen molar-refractivity contribution in [3.8, 4) is 0 Å². The molecule has 3 unspecified atom stereocenters. The molecule has 1 N–H and O–H groups in total. The summed E-state index contributed by atoms with van der Waals surface area (Å²) in [6.45, 7) is 11.4. The zero-order valence-corrected chi connectivity index (χ0v) is 20.5. The molecule has 2 heterocycles. The van der Waals surface area contributed by atoms with Gasteiger partial charge in [-0.25, -0.2) is 0 Å². The summed E-state index contributed by atoms with van der Waals surface area (Å²) in [7, 11) is 0. The number of amides is 1. The minimum absolute atomic E-state index is 0.0863. The van der Waals surface area contributed by atoms with Crippen LogP contribution in [-0.2, 0) is 33.2 Å². The lowest BCUT2D eigenvalue weighted by atomic mass is 9.78. The van der Waals surface area contributed by atoms with Crippen molar-refractivity contribution < 1.29 is 38.3 Å². The van der Waals surface area contributed by atoms with Gasteiger partial charge in [-0.1, -0.05) is 13.8 Å². The Balaban J connectivity index is 2.11. The Morgan fingerprint density at radius 2 is 1.58 bits per heavy atom. The molecule has 0 radical (unpaired) electrons. The van der Waals surface area contributed by atoms with Gasteiger partial charge in [0.05, 0.1) is 52.9 Å². The summed E-state index contributed by atoms with van der Waals surface area (Å²) in [4.78, 5) is 15.2. The lowest BCUT2D eigenvalue weighted by Crippen LogP contribution is -2.44. The van der Waals surface area contributed by atoms with Crippen molar-refractivity contribution in [3.05, 3.63) is 11.8 Å². The van der Waals surface area contributed by atoms with Gasteiger partial charge in [0.25, 0.3) is 5.91 Å². The molecule has 1 amide bonds. The Labute approximate surface area is 198 Å². The maximum absolute atomic E-state index is 13.5. The van der Waals surface area contributed by atoms with Gasteiger partial charge in [0.2, 0.25) is 6.29 Å². The molecule has 0 bridgehead atoms. The fourth-order valence-electron chi connectivity index (χ4n) is 4.10. The van der Waals surface area contributed by atoms with Crippen molar-refractivity contribution in [1.29, 1.82) is 0 Å². The summed E-state index contributed by atoms with van der Waals surface area (Å²) in [6, 6.07) is 0. The molecule has 2 aliphatic rings. The second-order valence-corrected chi connectivity index (χ2v) is 8.57. The van der Waals surface area contributed by atoms with E-state index in [2.05, 4.69) is 13.8 Å². The van der Waals surface area contributed by atoms with E-state index < -0.39 is 6.29 Å². The number of hydrogen-bond donors (Lipinski definition) is 1. The molecule has 0 aromatic carbocycles. The first kappa shape index (κ1) is 28.0. The lowest BCUT2D eigenvalue weighted by Gasteiger charge is -2.39. The van der Waals surface area contributed by atoms with Crippen LogP contribution in [0.5, 0.6) is 0 Å². The summed E-state index contributed by atoms with van der Waals surface area (Å²) in [5.41, 5.74) is 0. The predicted molar refractivity (Wildman–Crippen MR) is 123 cm³/mol. The van der Waals surface area contributed by atoms with Gasteiger partial charge in [-0.15, -0.1) is 0 Å². The quantitative estimate of drug-likeness (QED) is 0.598. The SMILES string of the molecule is CCOC1OC(C(=O)N2CCOCCOCCOCCOCC2)=CC(C(C)C)C1CCCO. The fraction of sp³-hybridized carbons (Fsp3) is 0.875. The largest absolute Gasteiger partial charge is 0.459 e. The van der Waals surface area contributed by atoms with E-state index in [-0.39, 0.29) is 24.3 Å². The van der Waals surface area contributed by atoms with Crippen LogP contribution in [0.25, 0.3) is 0 Å². The number of carbonyl (C=O) groups is 1. The number of hydrogen-bond acceptors (Lipinski definition) is 8. The number of rotatable bonds is 7. The van der Waals surface area contributed by atoms with E-state index in [4.69, 9.17) is 28.4 Å². The van der Waals surface area contributed by atoms with E-state index in [1.807, 2.05) is 13.0 Å². The third-order valence-corrected chi connectivity index (χ3v) is 5.85. The van der Waals surface area contributed by atoms with Crippen molar-refractivity contribution in [1.82, 2.24) is 4.90 Å². The topological polar surface area (TPSA) is 95.9 Å². The first-order chi connectivity index (χ1) is 16.1. The molecular formula is C24H43NO8. The molecule has 0 saturated carbocycles. The maximum atomic E-state index is 13.5. The average Bonchev–Trinajstić information content (AvgIpc) is 2.82. The van der Waals surface area contributed by atoms with Crippen LogP contribution in [0.2, 0.25) is 0 Å². The molecule has 33 heavy (non-hydrogen) atoms. The summed E-state index contributed by atoms with van der Waals surface area (Å²) < 4.78 is 34.2. The molecule has 0 aromatic rings. The zero-order chi connectivity index (χ0) is 23.9. The van der Waals surface area contributed by atoms with Crippen molar-refractivity contribution in [2.24, 2.45) is 17.8 Å². The number of ether oxygens (including phenoxy) is 6. The van der Waals surface area contributed by atoms with Gasteiger partial charge >= 0.3 is 0 Å². The summed E-state index contributed by atoms with van der Waals surface area (Å²) >= 11 is 0. The van der Waals surface area contributed by atoms with E-state index in [1.54, 1.807) is 4.90 Å². The molecule has 0 aromatic heterocycles. The molecule has 1 fully saturated rings. The van der Waals surface area contributed by atoms with Gasteiger partial charge in [0, 0.05) is 32.2 Å². The third kappa shape index (κ3) is 9.88. The first-order valence-corrected chi connectivity index (χ1v) is 12.3. The Kier molecular flexibility index (Phi) is 13.9. The number of carbonyl (C=O) groups excluding carboxylic acids is 1. The normalized spacial score (nSPS) is 26.8. The second-order valence-electron chi connectivity index (χ2n) is 8.57. The van der Waals surface area contributed by atoms with Crippen LogP contribution in [0.15, 0.2) is 11.8 Å². The van der Waals surface area contributed by atoms with Crippen LogP contribution in [0.4, 0.5) is 0 Å². The van der Waals surface area contributed by atoms with Gasteiger partial charge in [-0.05, 0) is 37.7 Å². The van der Waals surface area contributed by atoms with Crippen LogP contribution in [-0.4, -0.2) is 101 Å². The monoisotopic (exact) mass is 473 g/mol. The van der Waals surface area contributed by atoms with Crippen LogP contribution in [0.3, 0.4) is 0 Å². The van der Waals surface area contributed by atoms with Crippen molar-refractivity contribution in [3.63, 3.8) is 0 Å². The lowest BCUT2D eigenvalue weighted by molar-refractivity contribution is -0.178. The molecule has 9 nitrogen and oxygen atoms in total.